The molecule has 28 heavy (non-hydrogen) atoms. The molecule has 0 radical (unpaired) electrons. The summed E-state index contributed by atoms with van der Waals surface area (Å²) in [6, 6.07) is 4.91. The summed E-state index contributed by atoms with van der Waals surface area (Å²) in [4.78, 5) is 19.0. The van der Waals surface area contributed by atoms with Crippen LogP contribution < -0.4 is 10.6 Å². The molecule has 1 aromatic rings. The van der Waals surface area contributed by atoms with Gasteiger partial charge in [0, 0.05) is 51.4 Å². The van der Waals surface area contributed by atoms with Gasteiger partial charge in [-0.25, -0.2) is 4.39 Å². The predicted octanol–water partition coefficient (Wildman–Crippen LogP) is 1.94. The summed E-state index contributed by atoms with van der Waals surface area (Å²) in [5.41, 5.74) is 6.51. The van der Waals surface area contributed by atoms with Gasteiger partial charge in [0.2, 0.25) is 0 Å². The molecule has 0 unspecified atom stereocenters. The number of rotatable bonds is 7. The molecule has 2 aliphatic rings. The normalized spacial score (nSPS) is 19.2. The number of likely N-dealkylation sites (tertiary alicyclic amines) is 1. The van der Waals surface area contributed by atoms with Crippen molar-refractivity contribution in [3.63, 3.8) is 0 Å². The van der Waals surface area contributed by atoms with Crippen LogP contribution >= 0.6 is 0 Å². The topological polar surface area (TPSA) is 62.0 Å². The maximum atomic E-state index is 14.7. The first-order valence-corrected chi connectivity index (χ1v) is 10.5. The first-order chi connectivity index (χ1) is 13.6. The van der Waals surface area contributed by atoms with Crippen LogP contribution in [0.15, 0.2) is 18.2 Å². The molecule has 0 aromatic heterocycles. The zero-order chi connectivity index (χ0) is 19.9. The van der Waals surface area contributed by atoms with Gasteiger partial charge in [-0.2, -0.15) is 0 Å². The summed E-state index contributed by atoms with van der Waals surface area (Å²) >= 11 is 0. The van der Waals surface area contributed by atoms with Crippen LogP contribution in [0.25, 0.3) is 0 Å². The lowest BCUT2D eigenvalue weighted by atomic mass is 10.1. The van der Waals surface area contributed by atoms with Gasteiger partial charge in [0.25, 0.3) is 5.91 Å². The van der Waals surface area contributed by atoms with Gasteiger partial charge in [0.15, 0.2) is 0 Å². The predicted molar refractivity (Wildman–Crippen MR) is 109 cm³/mol. The number of carbonyl (C=O) groups excluding carboxylic acids is 1. The number of ether oxygens (including phenoxy) is 1. The van der Waals surface area contributed by atoms with Crippen LogP contribution in [0.5, 0.6) is 0 Å². The average molecular weight is 393 g/mol. The van der Waals surface area contributed by atoms with Crippen LogP contribution in [-0.2, 0) is 4.74 Å². The molecule has 0 bridgehead atoms. The van der Waals surface area contributed by atoms with Crippen molar-refractivity contribution in [3.05, 3.63) is 29.6 Å². The molecule has 2 fully saturated rings. The molecule has 1 aromatic carbocycles. The number of nitrogens with two attached hydrogens (primary N) is 1. The zero-order valence-corrected chi connectivity index (χ0v) is 16.9. The minimum atomic E-state index is -0.309. The molecule has 0 saturated carbocycles. The number of amides is 1. The van der Waals surface area contributed by atoms with Gasteiger partial charge >= 0.3 is 0 Å². The molecule has 156 valence electrons. The van der Waals surface area contributed by atoms with Crippen LogP contribution in [0.3, 0.4) is 0 Å². The fourth-order valence-corrected chi connectivity index (χ4v) is 3.94. The molecule has 0 spiro atoms. The quantitative estimate of drug-likeness (QED) is 0.719. The van der Waals surface area contributed by atoms with E-state index in [0.717, 1.165) is 52.0 Å². The Kier molecular flexibility index (Phi) is 7.65. The lowest BCUT2D eigenvalue weighted by Crippen LogP contribution is -2.46. The number of halogens is 1. The van der Waals surface area contributed by atoms with Gasteiger partial charge in [0.05, 0.1) is 11.8 Å². The molecule has 2 aliphatic heterocycles. The van der Waals surface area contributed by atoms with Crippen LogP contribution in [0.1, 0.15) is 36.5 Å². The number of piperazine rings is 1. The van der Waals surface area contributed by atoms with Crippen LogP contribution in [0, 0.1) is 5.82 Å². The maximum Gasteiger partial charge on any atom is 0.253 e. The van der Waals surface area contributed by atoms with Crippen molar-refractivity contribution in [2.24, 2.45) is 5.73 Å². The van der Waals surface area contributed by atoms with Crippen LogP contribution in [0.2, 0.25) is 0 Å². The molecule has 0 atom stereocenters. The standard InChI is InChI=1S/C21H33FN4O2/c1-2-24-11-13-25(14-12-24)20-5-4-17(16-19(20)22)21(27)26-9-6-18(7-10-26)28-15-3-8-23/h4-5,16,18H,2-3,6-15,23H2,1H3. The van der Waals surface area contributed by atoms with E-state index in [0.29, 0.717) is 37.5 Å². The van der Waals surface area contributed by atoms with Crippen molar-refractivity contribution < 1.29 is 13.9 Å². The van der Waals surface area contributed by atoms with Crippen molar-refractivity contribution in [1.82, 2.24) is 9.80 Å². The Bertz CT molecular complexity index is 641. The van der Waals surface area contributed by atoms with E-state index in [9.17, 15) is 9.18 Å². The zero-order valence-electron chi connectivity index (χ0n) is 16.9. The number of nitrogens with zero attached hydrogens (tertiary/aromatic N) is 3. The minimum absolute atomic E-state index is 0.0957. The summed E-state index contributed by atoms with van der Waals surface area (Å²) in [7, 11) is 0. The number of anilines is 1. The van der Waals surface area contributed by atoms with Crippen molar-refractivity contribution in [1.29, 1.82) is 0 Å². The van der Waals surface area contributed by atoms with E-state index in [1.807, 2.05) is 0 Å². The first kappa shape index (κ1) is 21.0. The summed E-state index contributed by atoms with van der Waals surface area (Å²) in [6.07, 6.45) is 2.69. The minimum Gasteiger partial charge on any atom is -0.378 e. The maximum absolute atomic E-state index is 14.7. The van der Waals surface area contributed by atoms with Crippen LogP contribution in [0.4, 0.5) is 10.1 Å². The Labute approximate surface area is 167 Å². The molecular formula is C21H33FN4O2. The lowest BCUT2D eigenvalue weighted by Gasteiger charge is -2.35. The number of piperidine rings is 1. The van der Waals surface area contributed by atoms with Gasteiger partial charge < -0.3 is 25.2 Å². The SMILES string of the molecule is CCN1CCN(c2ccc(C(=O)N3CCC(OCCCN)CC3)cc2F)CC1. The van der Waals surface area contributed by atoms with E-state index in [2.05, 4.69) is 16.7 Å². The Morgan fingerprint density at radius 3 is 2.50 bits per heavy atom. The lowest BCUT2D eigenvalue weighted by molar-refractivity contribution is 0.00843. The third-order valence-electron chi connectivity index (χ3n) is 5.79. The smallest absolute Gasteiger partial charge is 0.253 e. The van der Waals surface area contributed by atoms with Gasteiger partial charge in [-0.3, -0.25) is 4.79 Å². The number of hydrogen-bond donors (Lipinski definition) is 1. The van der Waals surface area contributed by atoms with E-state index in [-0.39, 0.29) is 17.8 Å². The molecule has 7 heteroatoms. The van der Waals surface area contributed by atoms with Gasteiger partial charge in [-0.1, -0.05) is 6.92 Å². The summed E-state index contributed by atoms with van der Waals surface area (Å²) in [6.45, 7) is 9.29. The van der Waals surface area contributed by atoms with Gasteiger partial charge in [0.1, 0.15) is 5.82 Å². The Morgan fingerprint density at radius 1 is 1.18 bits per heavy atom. The largest absolute Gasteiger partial charge is 0.378 e. The number of benzene rings is 1. The van der Waals surface area contributed by atoms with Gasteiger partial charge in [-0.05, 0) is 50.6 Å². The van der Waals surface area contributed by atoms with Crippen molar-refractivity contribution >= 4 is 11.6 Å². The molecule has 0 aliphatic carbocycles. The molecule has 2 N–H and O–H groups in total. The Hall–Kier alpha value is -1.70. The van der Waals surface area contributed by atoms with E-state index < -0.39 is 0 Å². The summed E-state index contributed by atoms with van der Waals surface area (Å²) < 4.78 is 20.5. The van der Waals surface area contributed by atoms with Gasteiger partial charge in [-0.15, -0.1) is 0 Å². The van der Waals surface area contributed by atoms with Crippen LogP contribution in [-0.4, -0.2) is 80.8 Å². The number of carbonyl (C=O) groups is 1. The highest BCUT2D eigenvalue weighted by molar-refractivity contribution is 5.94. The first-order valence-electron chi connectivity index (χ1n) is 10.5. The second kappa shape index (κ2) is 10.2. The molecular weight excluding hydrogens is 359 g/mol. The number of hydrogen-bond acceptors (Lipinski definition) is 5. The van der Waals surface area contributed by atoms with E-state index in [4.69, 9.17) is 10.5 Å². The fourth-order valence-electron chi connectivity index (χ4n) is 3.94. The molecule has 2 heterocycles. The van der Waals surface area contributed by atoms with Crippen molar-refractivity contribution in [2.45, 2.75) is 32.3 Å². The van der Waals surface area contributed by atoms with Crippen molar-refractivity contribution in [3.8, 4) is 0 Å². The molecule has 1 amide bonds. The fraction of sp³-hybridized carbons (Fsp3) is 0.667. The van der Waals surface area contributed by atoms with E-state index in [1.54, 1.807) is 17.0 Å². The highest BCUT2D eigenvalue weighted by atomic mass is 19.1. The molecule has 3 rings (SSSR count). The Morgan fingerprint density at radius 2 is 1.89 bits per heavy atom. The highest BCUT2D eigenvalue weighted by Crippen LogP contribution is 2.24. The van der Waals surface area contributed by atoms with E-state index in [1.165, 1.54) is 6.07 Å². The molecule has 6 nitrogen and oxygen atoms in total. The molecule has 2 saturated heterocycles. The van der Waals surface area contributed by atoms with Crippen molar-refractivity contribution in [2.75, 3.05) is 63.9 Å². The highest BCUT2D eigenvalue weighted by Gasteiger charge is 2.25. The Balaban J connectivity index is 1.54. The second-order valence-electron chi connectivity index (χ2n) is 7.59. The van der Waals surface area contributed by atoms with E-state index >= 15 is 0 Å². The average Bonchev–Trinajstić information content (AvgIpc) is 2.74. The monoisotopic (exact) mass is 392 g/mol. The summed E-state index contributed by atoms with van der Waals surface area (Å²) in [5, 5.41) is 0. The second-order valence-corrected chi connectivity index (χ2v) is 7.59. The third-order valence-corrected chi connectivity index (χ3v) is 5.79. The number of likely N-dealkylation sites (N-methyl/N-ethyl adjacent to an activating group) is 1. The third kappa shape index (κ3) is 5.21. The summed E-state index contributed by atoms with van der Waals surface area (Å²) in [5.74, 6) is -0.405.